The molecule has 1 unspecified atom stereocenters. The number of aliphatic hydroxyl groups is 1. The molecule has 194 valence electrons. The van der Waals surface area contributed by atoms with Gasteiger partial charge in [0, 0.05) is 53.7 Å². The van der Waals surface area contributed by atoms with Crippen molar-refractivity contribution in [1.82, 2.24) is 4.98 Å². The Hall–Kier alpha value is -4.52. The summed E-state index contributed by atoms with van der Waals surface area (Å²) in [6.45, 7) is 5.78. The molecule has 5 rings (SSSR count). The number of ether oxygens (including phenoxy) is 1. The molecular formula is C31H31N3O4. The number of fused-ring (bicyclic) bond motifs is 1. The van der Waals surface area contributed by atoms with Crippen LogP contribution in [-0.4, -0.2) is 42.0 Å². The van der Waals surface area contributed by atoms with Crippen LogP contribution >= 0.6 is 0 Å². The molecule has 1 aliphatic rings. The lowest BCUT2D eigenvalue weighted by Gasteiger charge is -2.25. The van der Waals surface area contributed by atoms with Crippen molar-refractivity contribution in [3.05, 3.63) is 95.2 Å². The minimum atomic E-state index is -0.816. The zero-order valence-electron chi connectivity index (χ0n) is 22.1. The van der Waals surface area contributed by atoms with Crippen molar-refractivity contribution in [2.75, 3.05) is 23.9 Å². The topological polar surface area (TPSA) is 85.9 Å². The van der Waals surface area contributed by atoms with E-state index in [1.807, 2.05) is 88.3 Å². The van der Waals surface area contributed by atoms with Gasteiger partial charge in [0.1, 0.15) is 11.5 Å². The van der Waals surface area contributed by atoms with Crippen LogP contribution < -0.4 is 14.5 Å². The average Bonchev–Trinajstić information content (AvgIpc) is 3.43. The molecule has 7 nitrogen and oxygen atoms in total. The summed E-state index contributed by atoms with van der Waals surface area (Å²) in [5, 5.41) is 12.4. The second kappa shape index (κ2) is 9.74. The van der Waals surface area contributed by atoms with E-state index >= 15 is 0 Å². The number of anilines is 2. The summed E-state index contributed by atoms with van der Waals surface area (Å²) in [5.74, 6) is -0.929. The molecule has 1 saturated heterocycles. The molecule has 0 spiro atoms. The smallest absolute Gasteiger partial charge is 0.300 e. The normalized spacial score (nSPS) is 17.0. The predicted octanol–water partition coefficient (Wildman–Crippen LogP) is 5.96. The van der Waals surface area contributed by atoms with Crippen LogP contribution in [-0.2, 0) is 9.59 Å². The third-order valence-electron chi connectivity index (χ3n) is 6.82. The summed E-state index contributed by atoms with van der Waals surface area (Å²) >= 11 is 0. The Morgan fingerprint density at radius 2 is 1.74 bits per heavy atom. The fourth-order valence-corrected chi connectivity index (χ4v) is 4.96. The van der Waals surface area contributed by atoms with Crippen LogP contribution in [0.4, 0.5) is 11.4 Å². The van der Waals surface area contributed by atoms with Crippen LogP contribution in [0.1, 0.15) is 36.6 Å². The number of amides is 1. The lowest BCUT2D eigenvalue weighted by atomic mass is 9.94. The number of aromatic amines is 1. The molecular weight excluding hydrogens is 478 g/mol. The van der Waals surface area contributed by atoms with Crippen LogP contribution in [0.2, 0.25) is 0 Å². The number of para-hydroxylation sites is 1. The maximum absolute atomic E-state index is 13.6. The number of Topliss-reactive ketones (excluding diaryl/α,β-unsaturated/α-hetero) is 1. The number of carbonyl (C=O) groups excluding carboxylic acids is 2. The maximum atomic E-state index is 13.6. The molecule has 1 atom stereocenters. The number of aryl methyl sites for hydroxylation is 1. The molecule has 1 amide bonds. The first-order valence-corrected chi connectivity index (χ1v) is 12.6. The van der Waals surface area contributed by atoms with Crippen LogP contribution in [0.5, 0.6) is 5.75 Å². The molecule has 4 aromatic rings. The Labute approximate surface area is 222 Å². The summed E-state index contributed by atoms with van der Waals surface area (Å²) < 4.78 is 5.84. The van der Waals surface area contributed by atoms with Gasteiger partial charge < -0.3 is 19.7 Å². The Morgan fingerprint density at radius 3 is 2.39 bits per heavy atom. The van der Waals surface area contributed by atoms with Gasteiger partial charge in [0.25, 0.3) is 11.7 Å². The standard InChI is InChI=1S/C31H31N3O4/c1-18(2)38-26-15-10-20(16-19(26)3)29(35)27-28(24-17-32-25-9-7-6-8-23(24)25)34(31(37)30(27)36)22-13-11-21(12-14-22)33(4)5/h6-18,28,32,35H,1-5H3/b29-27+. The molecule has 1 aromatic heterocycles. The number of carbonyl (C=O) groups is 2. The second-order valence-electron chi connectivity index (χ2n) is 10.0. The molecule has 2 heterocycles. The molecule has 3 aromatic carbocycles. The van der Waals surface area contributed by atoms with Gasteiger partial charge in [-0.05, 0) is 74.9 Å². The lowest BCUT2D eigenvalue weighted by molar-refractivity contribution is -0.132. The second-order valence-corrected chi connectivity index (χ2v) is 10.0. The highest BCUT2D eigenvalue weighted by Gasteiger charge is 2.47. The number of hydrogen-bond donors (Lipinski definition) is 2. The SMILES string of the molecule is Cc1cc(/C(O)=C2\C(=O)C(=O)N(c3ccc(N(C)C)cc3)C2c2c[nH]c3ccccc23)ccc1OC(C)C. The summed E-state index contributed by atoms with van der Waals surface area (Å²) in [6, 6.07) is 19.6. The highest BCUT2D eigenvalue weighted by atomic mass is 16.5. The Kier molecular flexibility index (Phi) is 6.45. The van der Waals surface area contributed by atoms with E-state index in [2.05, 4.69) is 4.98 Å². The van der Waals surface area contributed by atoms with Gasteiger partial charge in [0.05, 0.1) is 17.7 Å². The van der Waals surface area contributed by atoms with E-state index in [0.29, 0.717) is 17.0 Å². The zero-order valence-corrected chi connectivity index (χ0v) is 22.1. The van der Waals surface area contributed by atoms with E-state index in [9.17, 15) is 14.7 Å². The van der Waals surface area contributed by atoms with Gasteiger partial charge in [0.15, 0.2) is 0 Å². The van der Waals surface area contributed by atoms with Crippen LogP contribution in [0.15, 0.2) is 78.5 Å². The van der Waals surface area contributed by atoms with Gasteiger partial charge in [-0.1, -0.05) is 18.2 Å². The highest BCUT2D eigenvalue weighted by Crippen LogP contribution is 2.44. The van der Waals surface area contributed by atoms with Crippen LogP contribution in [0, 0.1) is 6.92 Å². The number of nitrogens with zero attached hydrogens (tertiary/aromatic N) is 2. The summed E-state index contributed by atoms with van der Waals surface area (Å²) in [5.41, 5.74) is 4.46. The first-order valence-electron chi connectivity index (χ1n) is 12.6. The summed E-state index contributed by atoms with van der Waals surface area (Å²) in [6.07, 6.45) is 1.81. The number of benzene rings is 3. The predicted molar refractivity (Wildman–Crippen MR) is 151 cm³/mol. The van der Waals surface area contributed by atoms with Crippen molar-refractivity contribution in [2.45, 2.75) is 32.9 Å². The van der Waals surface area contributed by atoms with Crippen molar-refractivity contribution in [3.8, 4) is 5.75 Å². The fraction of sp³-hybridized carbons (Fsp3) is 0.226. The minimum absolute atomic E-state index is 0.000715. The van der Waals surface area contributed by atoms with E-state index in [0.717, 1.165) is 27.7 Å². The van der Waals surface area contributed by atoms with E-state index in [1.165, 1.54) is 4.90 Å². The maximum Gasteiger partial charge on any atom is 0.300 e. The monoisotopic (exact) mass is 509 g/mol. The molecule has 38 heavy (non-hydrogen) atoms. The quantitative estimate of drug-likeness (QED) is 0.190. The zero-order chi connectivity index (χ0) is 27.1. The van der Waals surface area contributed by atoms with Crippen LogP contribution in [0.25, 0.3) is 16.7 Å². The summed E-state index contributed by atoms with van der Waals surface area (Å²) in [4.78, 5) is 33.8. The number of H-pyrrole nitrogens is 1. The van der Waals surface area contributed by atoms with Gasteiger partial charge in [-0.3, -0.25) is 14.5 Å². The third-order valence-corrected chi connectivity index (χ3v) is 6.82. The molecule has 0 bridgehead atoms. The molecule has 1 fully saturated rings. The fourth-order valence-electron chi connectivity index (χ4n) is 4.96. The average molecular weight is 510 g/mol. The number of hydrogen-bond acceptors (Lipinski definition) is 5. The Balaban J connectivity index is 1.70. The molecule has 0 aliphatic carbocycles. The number of nitrogens with one attached hydrogen (secondary N) is 1. The lowest BCUT2D eigenvalue weighted by Crippen LogP contribution is -2.29. The van der Waals surface area contributed by atoms with Gasteiger partial charge in [-0.15, -0.1) is 0 Å². The van der Waals surface area contributed by atoms with E-state index in [1.54, 1.807) is 24.4 Å². The van der Waals surface area contributed by atoms with Crippen molar-refractivity contribution < 1.29 is 19.4 Å². The number of rotatable bonds is 6. The Morgan fingerprint density at radius 1 is 1.03 bits per heavy atom. The summed E-state index contributed by atoms with van der Waals surface area (Å²) in [7, 11) is 3.87. The number of aromatic nitrogens is 1. The van der Waals surface area contributed by atoms with Gasteiger partial charge >= 0.3 is 0 Å². The van der Waals surface area contributed by atoms with Gasteiger partial charge in [0.2, 0.25) is 0 Å². The van der Waals surface area contributed by atoms with Gasteiger partial charge in [-0.25, -0.2) is 0 Å². The van der Waals surface area contributed by atoms with Crippen LogP contribution in [0.3, 0.4) is 0 Å². The number of ketones is 1. The van der Waals surface area contributed by atoms with Crippen molar-refractivity contribution in [2.24, 2.45) is 0 Å². The van der Waals surface area contributed by atoms with Crippen molar-refractivity contribution in [1.29, 1.82) is 0 Å². The first-order chi connectivity index (χ1) is 18.2. The highest BCUT2D eigenvalue weighted by molar-refractivity contribution is 6.51. The van der Waals surface area contributed by atoms with Gasteiger partial charge in [-0.2, -0.15) is 0 Å². The largest absolute Gasteiger partial charge is 0.507 e. The van der Waals surface area contributed by atoms with Crippen molar-refractivity contribution >= 4 is 39.7 Å². The van der Waals surface area contributed by atoms with E-state index < -0.39 is 17.7 Å². The molecule has 0 saturated carbocycles. The Bertz CT molecular complexity index is 1560. The van der Waals surface area contributed by atoms with Crippen molar-refractivity contribution in [3.63, 3.8) is 0 Å². The minimum Gasteiger partial charge on any atom is -0.507 e. The number of aliphatic hydroxyl groups excluding tert-OH is 1. The first kappa shape index (κ1) is 25.1. The molecule has 2 N–H and O–H groups in total. The molecule has 1 aliphatic heterocycles. The third kappa shape index (κ3) is 4.30. The molecule has 0 radical (unpaired) electrons. The van der Waals surface area contributed by atoms with E-state index in [4.69, 9.17) is 4.74 Å². The van der Waals surface area contributed by atoms with E-state index in [-0.39, 0.29) is 17.4 Å². The molecule has 7 heteroatoms.